The maximum atomic E-state index is 12.9. The van der Waals surface area contributed by atoms with Gasteiger partial charge in [0.2, 0.25) is 5.88 Å². The van der Waals surface area contributed by atoms with Crippen LogP contribution in [0.15, 0.2) is 42.6 Å². The van der Waals surface area contributed by atoms with Crippen molar-refractivity contribution >= 4 is 11.7 Å². The van der Waals surface area contributed by atoms with E-state index in [4.69, 9.17) is 0 Å². The van der Waals surface area contributed by atoms with E-state index in [2.05, 4.69) is 15.0 Å². The molecule has 1 aromatic carbocycles. The number of nitrogens with one attached hydrogen (secondary N) is 1. The molecule has 0 saturated carbocycles. The van der Waals surface area contributed by atoms with Gasteiger partial charge in [0.1, 0.15) is 0 Å². The molecular formula is C20H20F6N4O2. The summed E-state index contributed by atoms with van der Waals surface area (Å²) in [6.07, 6.45) is -7.63. The molecule has 2 amide bonds. The van der Waals surface area contributed by atoms with Crippen molar-refractivity contribution in [1.29, 1.82) is 0 Å². The van der Waals surface area contributed by atoms with Crippen LogP contribution in [0.2, 0.25) is 0 Å². The number of alkyl halides is 6. The molecule has 2 aromatic rings. The van der Waals surface area contributed by atoms with Gasteiger partial charge >= 0.3 is 18.4 Å². The van der Waals surface area contributed by atoms with E-state index in [0.29, 0.717) is 37.4 Å². The number of hydrogen-bond acceptors (Lipinski definition) is 4. The first-order valence-corrected chi connectivity index (χ1v) is 9.61. The van der Waals surface area contributed by atoms with Crippen molar-refractivity contribution in [1.82, 2.24) is 15.2 Å². The Hall–Kier alpha value is -3.18. The van der Waals surface area contributed by atoms with E-state index in [1.807, 2.05) is 0 Å². The summed E-state index contributed by atoms with van der Waals surface area (Å²) in [5.41, 5.74) is 0.210. The van der Waals surface area contributed by atoms with Gasteiger partial charge in [0.25, 0.3) is 0 Å². The van der Waals surface area contributed by atoms with Crippen molar-refractivity contribution in [3.63, 3.8) is 0 Å². The number of benzene rings is 1. The van der Waals surface area contributed by atoms with Crippen LogP contribution in [-0.4, -0.2) is 54.9 Å². The molecule has 0 aliphatic carbocycles. The second-order valence-electron chi connectivity index (χ2n) is 7.09. The minimum atomic E-state index is -4.48. The smallest absolute Gasteiger partial charge is 0.422 e. The van der Waals surface area contributed by atoms with E-state index in [0.717, 1.165) is 12.1 Å². The van der Waals surface area contributed by atoms with E-state index in [1.165, 1.54) is 29.3 Å². The molecule has 6 nitrogen and oxygen atoms in total. The van der Waals surface area contributed by atoms with Gasteiger partial charge in [0.05, 0.1) is 5.56 Å². The maximum absolute atomic E-state index is 12.9. The monoisotopic (exact) mass is 462 g/mol. The van der Waals surface area contributed by atoms with Gasteiger partial charge in [-0.1, -0.05) is 6.07 Å². The summed E-state index contributed by atoms with van der Waals surface area (Å²) in [5, 5.41) is 2.67. The predicted molar refractivity (Wildman–Crippen MR) is 103 cm³/mol. The van der Waals surface area contributed by atoms with Crippen LogP contribution in [0.5, 0.6) is 5.88 Å². The molecule has 0 spiro atoms. The van der Waals surface area contributed by atoms with Crippen LogP contribution in [0.3, 0.4) is 0 Å². The molecule has 0 atom stereocenters. The molecule has 174 valence electrons. The van der Waals surface area contributed by atoms with Crippen LogP contribution in [0.4, 0.5) is 36.8 Å². The summed E-state index contributed by atoms with van der Waals surface area (Å²) < 4.78 is 80.0. The molecule has 0 unspecified atom stereocenters. The Morgan fingerprint density at radius 1 is 1.03 bits per heavy atom. The van der Waals surface area contributed by atoms with E-state index in [-0.39, 0.29) is 18.5 Å². The van der Waals surface area contributed by atoms with Crippen LogP contribution >= 0.6 is 0 Å². The third kappa shape index (κ3) is 6.66. The molecule has 32 heavy (non-hydrogen) atoms. The highest BCUT2D eigenvalue weighted by atomic mass is 19.4. The number of urea groups is 1. The Morgan fingerprint density at radius 2 is 1.75 bits per heavy atom. The molecule has 3 rings (SSSR count). The molecule has 0 bridgehead atoms. The van der Waals surface area contributed by atoms with Gasteiger partial charge < -0.3 is 19.9 Å². The van der Waals surface area contributed by atoms with Gasteiger partial charge in [-0.25, -0.2) is 9.78 Å². The van der Waals surface area contributed by atoms with Crippen molar-refractivity contribution in [3.05, 3.63) is 53.7 Å². The number of carbonyl (C=O) groups is 1. The van der Waals surface area contributed by atoms with Crippen LogP contribution in [-0.2, 0) is 12.7 Å². The topological polar surface area (TPSA) is 57.7 Å². The van der Waals surface area contributed by atoms with Crippen molar-refractivity contribution in [3.8, 4) is 5.88 Å². The number of hydrogen-bond donors (Lipinski definition) is 1. The average molecular weight is 462 g/mol. The Balaban J connectivity index is 1.49. The molecule has 12 heteroatoms. The van der Waals surface area contributed by atoms with Gasteiger partial charge in [-0.3, -0.25) is 0 Å². The second kappa shape index (κ2) is 9.53. The Bertz CT molecular complexity index is 927. The number of carbonyl (C=O) groups excluding carboxylic acids is 1. The maximum Gasteiger partial charge on any atom is 0.422 e. The minimum absolute atomic E-state index is 0.0531. The first-order chi connectivity index (χ1) is 15.0. The normalized spacial score (nSPS) is 14.9. The number of rotatable bonds is 5. The van der Waals surface area contributed by atoms with Crippen LogP contribution in [0, 0.1) is 0 Å². The predicted octanol–water partition coefficient (Wildman–Crippen LogP) is 4.07. The third-order valence-corrected chi connectivity index (χ3v) is 4.73. The lowest BCUT2D eigenvalue weighted by Gasteiger charge is -2.36. The number of ether oxygens (including phenoxy) is 1. The molecule has 2 heterocycles. The highest BCUT2D eigenvalue weighted by Gasteiger charge is 2.31. The largest absolute Gasteiger partial charge is 0.468 e. The van der Waals surface area contributed by atoms with Crippen molar-refractivity contribution in [2.24, 2.45) is 0 Å². The lowest BCUT2D eigenvalue weighted by atomic mass is 10.1. The number of aromatic nitrogens is 1. The van der Waals surface area contributed by atoms with E-state index in [9.17, 15) is 31.1 Å². The van der Waals surface area contributed by atoms with Crippen LogP contribution < -0.4 is 15.0 Å². The summed E-state index contributed by atoms with van der Waals surface area (Å²) in [6.45, 7) is -0.0842. The first-order valence-electron chi connectivity index (χ1n) is 9.61. The number of anilines is 1. The molecule has 1 aromatic heterocycles. The Morgan fingerprint density at radius 3 is 2.41 bits per heavy atom. The summed E-state index contributed by atoms with van der Waals surface area (Å²) in [5.74, 6) is -0.205. The SMILES string of the molecule is O=C(NCc1ccnc(OCC(F)(F)F)c1)N1CCN(c2cccc(C(F)(F)F)c2)CC1. The van der Waals surface area contributed by atoms with Crippen LogP contribution in [0.1, 0.15) is 11.1 Å². The summed E-state index contributed by atoms with van der Waals surface area (Å²) in [4.78, 5) is 19.4. The first kappa shape index (κ1) is 23.5. The standard InChI is InChI=1S/C20H20F6N4O2/c21-19(22,23)13-32-17-10-14(4-5-27-17)12-28-18(31)30-8-6-29(7-9-30)16-3-1-2-15(11-16)20(24,25)26/h1-5,10-11H,6-9,12-13H2,(H,28,31). The molecule has 1 aliphatic heterocycles. The van der Waals surface area contributed by atoms with Crippen molar-refractivity contribution in [2.45, 2.75) is 18.9 Å². The number of halogens is 6. The fourth-order valence-electron chi connectivity index (χ4n) is 3.13. The number of piperazine rings is 1. The van der Waals surface area contributed by atoms with E-state index < -0.39 is 24.5 Å². The minimum Gasteiger partial charge on any atom is -0.468 e. The summed E-state index contributed by atoms with van der Waals surface area (Å²) in [6, 6.07) is 7.47. The van der Waals surface area contributed by atoms with E-state index >= 15 is 0 Å². The fourth-order valence-corrected chi connectivity index (χ4v) is 3.13. The lowest BCUT2D eigenvalue weighted by Crippen LogP contribution is -2.51. The summed E-state index contributed by atoms with van der Waals surface area (Å²) >= 11 is 0. The number of nitrogens with zero attached hydrogens (tertiary/aromatic N) is 3. The molecule has 0 radical (unpaired) electrons. The number of amides is 2. The van der Waals surface area contributed by atoms with Gasteiger partial charge in [0, 0.05) is 50.7 Å². The highest BCUT2D eigenvalue weighted by Crippen LogP contribution is 2.31. The van der Waals surface area contributed by atoms with Gasteiger partial charge in [-0.05, 0) is 29.8 Å². The average Bonchev–Trinajstić information content (AvgIpc) is 2.75. The van der Waals surface area contributed by atoms with Crippen LogP contribution in [0.25, 0.3) is 0 Å². The molecule has 1 fully saturated rings. The van der Waals surface area contributed by atoms with Crippen molar-refractivity contribution < 1.29 is 35.9 Å². The third-order valence-electron chi connectivity index (χ3n) is 4.73. The molecule has 1 saturated heterocycles. The Kier molecular flexibility index (Phi) is 6.99. The van der Waals surface area contributed by atoms with Gasteiger partial charge in [-0.2, -0.15) is 26.3 Å². The quantitative estimate of drug-likeness (QED) is 0.681. The Labute approximate surface area is 179 Å². The highest BCUT2D eigenvalue weighted by molar-refractivity contribution is 5.74. The lowest BCUT2D eigenvalue weighted by molar-refractivity contribution is -0.154. The number of pyridine rings is 1. The molecular weight excluding hydrogens is 442 g/mol. The molecule has 1 aliphatic rings. The van der Waals surface area contributed by atoms with Crippen molar-refractivity contribution in [2.75, 3.05) is 37.7 Å². The van der Waals surface area contributed by atoms with Gasteiger partial charge in [0.15, 0.2) is 6.61 Å². The summed E-state index contributed by atoms with van der Waals surface area (Å²) in [7, 11) is 0. The van der Waals surface area contributed by atoms with E-state index in [1.54, 1.807) is 11.0 Å². The fraction of sp³-hybridized carbons (Fsp3) is 0.400. The zero-order valence-corrected chi connectivity index (χ0v) is 16.7. The van der Waals surface area contributed by atoms with Gasteiger partial charge in [-0.15, -0.1) is 0 Å². The zero-order valence-electron chi connectivity index (χ0n) is 16.7. The zero-order chi connectivity index (χ0) is 23.4. The second-order valence-corrected chi connectivity index (χ2v) is 7.09. The molecule has 1 N–H and O–H groups in total.